The van der Waals surface area contributed by atoms with Crippen LogP contribution in [0.3, 0.4) is 0 Å². The van der Waals surface area contributed by atoms with Crippen LogP contribution in [0.2, 0.25) is 0 Å². The zero-order valence-electron chi connectivity index (χ0n) is 14.2. The average molecular weight is 304 g/mol. The van der Waals surface area contributed by atoms with E-state index in [1.807, 2.05) is 0 Å². The Hall–Kier alpha value is -0.0800. The number of hydrogen-bond acceptors (Lipinski definition) is 2. The second-order valence-corrected chi connectivity index (χ2v) is 9.26. The summed E-state index contributed by atoms with van der Waals surface area (Å²) in [6, 6.07) is 0. The lowest BCUT2D eigenvalue weighted by Crippen LogP contribution is -2.24. The minimum Gasteiger partial charge on any atom is -0.378 e. The average Bonchev–Trinajstić information content (AvgIpc) is 3.28. The fraction of sp³-hybridized carbons (Fsp3) is 1.00. The number of hydrogen-bond donors (Lipinski definition) is 0. The van der Waals surface area contributed by atoms with Gasteiger partial charge in [-0.1, -0.05) is 0 Å². The van der Waals surface area contributed by atoms with Gasteiger partial charge in [0.25, 0.3) is 0 Å². The standard InChI is InChI=1S/2C10H16O/c1-6-10-8-3-2-7(4-8)9(10)5-11-6;1-6-4-9-7-2-3-8(5-7)10(9)11-6/h2*6-10H,2-5H2,1H3. The van der Waals surface area contributed by atoms with Crippen LogP contribution in [0.25, 0.3) is 0 Å². The quantitative estimate of drug-likeness (QED) is 0.665. The largest absolute Gasteiger partial charge is 0.378 e. The maximum absolute atomic E-state index is 5.92. The van der Waals surface area contributed by atoms with Crippen LogP contribution in [0.1, 0.15) is 58.8 Å². The van der Waals surface area contributed by atoms with Crippen LogP contribution in [0, 0.1) is 41.4 Å². The molecule has 6 rings (SSSR count). The maximum atomic E-state index is 5.92. The van der Waals surface area contributed by atoms with E-state index in [0.29, 0.717) is 18.3 Å². The van der Waals surface area contributed by atoms with Gasteiger partial charge in [0.05, 0.1) is 24.9 Å². The molecule has 4 aliphatic carbocycles. The minimum atomic E-state index is 0.563. The van der Waals surface area contributed by atoms with Crippen LogP contribution < -0.4 is 0 Å². The van der Waals surface area contributed by atoms with E-state index >= 15 is 0 Å². The molecule has 0 aromatic rings. The first-order valence-corrected chi connectivity index (χ1v) is 9.97. The molecule has 0 aromatic carbocycles. The van der Waals surface area contributed by atoms with Gasteiger partial charge in [-0.15, -0.1) is 0 Å². The fourth-order valence-electron chi connectivity index (χ4n) is 7.41. The molecular formula is C20H32O2. The van der Waals surface area contributed by atoms with Crippen molar-refractivity contribution in [1.82, 2.24) is 0 Å². The molecule has 0 aromatic heterocycles. The Morgan fingerprint density at radius 3 is 2.18 bits per heavy atom. The highest BCUT2D eigenvalue weighted by Gasteiger charge is 2.53. The summed E-state index contributed by atoms with van der Waals surface area (Å²) >= 11 is 0. The molecule has 124 valence electrons. The van der Waals surface area contributed by atoms with E-state index in [9.17, 15) is 0 Å². The van der Waals surface area contributed by atoms with Gasteiger partial charge >= 0.3 is 0 Å². The zero-order chi connectivity index (χ0) is 14.8. The van der Waals surface area contributed by atoms with Crippen LogP contribution in [0.5, 0.6) is 0 Å². The van der Waals surface area contributed by atoms with Crippen LogP contribution in [-0.2, 0) is 9.47 Å². The van der Waals surface area contributed by atoms with Crippen molar-refractivity contribution in [2.24, 2.45) is 41.4 Å². The maximum Gasteiger partial charge on any atom is 0.0638 e. The molecular weight excluding hydrogens is 272 g/mol. The van der Waals surface area contributed by atoms with Crippen LogP contribution >= 0.6 is 0 Å². The highest BCUT2D eigenvalue weighted by atomic mass is 16.5. The Morgan fingerprint density at radius 1 is 0.727 bits per heavy atom. The SMILES string of the molecule is CC1CC2C3CCC(C3)C2O1.CC1OCC2C3CCC(C3)C12. The molecule has 2 saturated heterocycles. The summed E-state index contributed by atoms with van der Waals surface area (Å²) in [7, 11) is 0. The topological polar surface area (TPSA) is 18.5 Å². The van der Waals surface area contributed by atoms with E-state index in [2.05, 4.69) is 13.8 Å². The summed E-state index contributed by atoms with van der Waals surface area (Å²) in [5.41, 5.74) is 0. The van der Waals surface area contributed by atoms with E-state index in [1.54, 1.807) is 0 Å². The van der Waals surface area contributed by atoms with Gasteiger partial charge in [0.2, 0.25) is 0 Å². The Morgan fingerprint density at radius 2 is 1.41 bits per heavy atom. The predicted molar refractivity (Wildman–Crippen MR) is 86.5 cm³/mol. The smallest absolute Gasteiger partial charge is 0.0638 e. The van der Waals surface area contributed by atoms with Crippen LogP contribution in [0.15, 0.2) is 0 Å². The summed E-state index contributed by atoms with van der Waals surface area (Å²) < 4.78 is 11.6. The molecule has 4 saturated carbocycles. The van der Waals surface area contributed by atoms with E-state index in [0.717, 1.165) is 48.0 Å². The summed E-state index contributed by atoms with van der Waals surface area (Å²) in [4.78, 5) is 0. The Labute approximate surface area is 135 Å². The molecule has 2 nitrogen and oxygen atoms in total. The first-order valence-electron chi connectivity index (χ1n) is 9.97. The minimum absolute atomic E-state index is 0.563. The second-order valence-electron chi connectivity index (χ2n) is 9.26. The molecule has 2 heterocycles. The first kappa shape index (κ1) is 14.3. The molecule has 10 atom stereocenters. The molecule has 0 amide bonds. The molecule has 2 heteroatoms. The molecule has 6 fully saturated rings. The van der Waals surface area contributed by atoms with Crippen LogP contribution in [-0.4, -0.2) is 24.9 Å². The second kappa shape index (κ2) is 5.21. The molecule has 22 heavy (non-hydrogen) atoms. The van der Waals surface area contributed by atoms with E-state index in [4.69, 9.17) is 9.47 Å². The zero-order valence-corrected chi connectivity index (χ0v) is 14.2. The van der Waals surface area contributed by atoms with Crippen molar-refractivity contribution >= 4 is 0 Å². The summed E-state index contributed by atoms with van der Waals surface area (Å²) in [5.74, 6) is 6.98. The van der Waals surface area contributed by atoms with Crippen molar-refractivity contribution in [3.05, 3.63) is 0 Å². The Kier molecular flexibility index (Phi) is 3.38. The van der Waals surface area contributed by atoms with Crippen molar-refractivity contribution in [3.63, 3.8) is 0 Å². The normalized spacial score (nSPS) is 60.3. The molecule has 4 bridgehead atoms. The van der Waals surface area contributed by atoms with Gasteiger partial charge in [0.1, 0.15) is 0 Å². The molecule has 0 radical (unpaired) electrons. The number of rotatable bonds is 0. The van der Waals surface area contributed by atoms with Gasteiger partial charge in [-0.25, -0.2) is 0 Å². The van der Waals surface area contributed by atoms with Crippen LogP contribution in [0.4, 0.5) is 0 Å². The van der Waals surface area contributed by atoms with Gasteiger partial charge in [0.15, 0.2) is 0 Å². The fourth-order valence-corrected chi connectivity index (χ4v) is 7.41. The third-order valence-corrected chi connectivity index (χ3v) is 8.25. The van der Waals surface area contributed by atoms with Crippen molar-refractivity contribution in [3.8, 4) is 0 Å². The summed E-state index contributed by atoms with van der Waals surface area (Å²) in [6.45, 7) is 5.58. The van der Waals surface area contributed by atoms with Gasteiger partial charge < -0.3 is 9.47 Å². The Balaban J connectivity index is 0.000000102. The lowest BCUT2D eigenvalue weighted by atomic mass is 9.79. The van der Waals surface area contributed by atoms with Gasteiger partial charge in [-0.05, 0) is 100 Å². The van der Waals surface area contributed by atoms with Crippen molar-refractivity contribution in [1.29, 1.82) is 0 Å². The van der Waals surface area contributed by atoms with E-state index < -0.39 is 0 Å². The van der Waals surface area contributed by atoms with E-state index in [1.165, 1.54) is 44.9 Å². The van der Waals surface area contributed by atoms with Gasteiger partial charge in [-0.2, -0.15) is 0 Å². The molecule has 6 aliphatic rings. The first-order chi connectivity index (χ1) is 10.7. The van der Waals surface area contributed by atoms with E-state index in [-0.39, 0.29) is 0 Å². The van der Waals surface area contributed by atoms with Gasteiger partial charge in [-0.3, -0.25) is 0 Å². The molecule has 2 aliphatic heterocycles. The van der Waals surface area contributed by atoms with Crippen molar-refractivity contribution < 1.29 is 9.47 Å². The lowest BCUT2D eigenvalue weighted by molar-refractivity contribution is 0.0145. The molecule has 0 N–H and O–H groups in total. The summed E-state index contributed by atoms with van der Waals surface area (Å²) in [6.07, 6.45) is 12.2. The summed E-state index contributed by atoms with van der Waals surface area (Å²) in [5, 5.41) is 0. The van der Waals surface area contributed by atoms with Crippen molar-refractivity contribution in [2.45, 2.75) is 77.1 Å². The Bertz CT molecular complexity index is 415. The monoisotopic (exact) mass is 304 g/mol. The number of fused-ring (bicyclic) bond motifs is 10. The third kappa shape index (κ3) is 2.05. The molecule has 10 unspecified atom stereocenters. The van der Waals surface area contributed by atoms with Gasteiger partial charge in [0, 0.05) is 0 Å². The number of ether oxygens (including phenoxy) is 2. The highest BCUT2D eigenvalue weighted by molar-refractivity contribution is 5.02. The third-order valence-electron chi connectivity index (χ3n) is 8.25. The van der Waals surface area contributed by atoms with Crippen molar-refractivity contribution in [2.75, 3.05) is 6.61 Å². The highest BCUT2D eigenvalue weighted by Crippen LogP contribution is 2.56. The lowest BCUT2D eigenvalue weighted by Gasteiger charge is -2.24. The molecule has 0 spiro atoms. The predicted octanol–water partition coefficient (Wildman–Crippen LogP) is 4.28.